The average molecular weight is 413 g/mol. The molecule has 3 heterocycles. The standard InChI is InChI=1S/C20H24N6O2S/c1-2-3-15-4-6-16(7-5-15)29(27,28)26-12-10-25(11-13-26)20-17-8-9-18(21)24-19(17)22-14-23-20/h4-9,14H,2-3,10-13H2,1H3,(H2,21,22,23,24). The lowest BCUT2D eigenvalue weighted by Gasteiger charge is -2.35. The van der Waals surface area contributed by atoms with Gasteiger partial charge in [-0.3, -0.25) is 0 Å². The van der Waals surface area contributed by atoms with Crippen molar-refractivity contribution in [2.24, 2.45) is 0 Å². The molecule has 1 aliphatic heterocycles. The molecule has 0 amide bonds. The van der Waals surface area contributed by atoms with Crippen LogP contribution in [-0.2, 0) is 16.4 Å². The van der Waals surface area contributed by atoms with Crippen molar-refractivity contribution >= 4 is 32.7 Å². The van der Waals surface area contributed by atoms with E-state index in [1.165, 1.54) is 10.6 Å². The quantitative estimate of drug-likeness (QED) is 0.684. The highest BCUT2D eigenvalue weighted by Gasteiger charge is 2.29. The number of piperazine rings is 1. The Labute approximate surface area is 170 Å². The van der Waals surface area contributed by atoms with Gasteiger partial charge in [-0.2, -0.15) is 4.31 Å². The lowest BCUT2D eigenvalue weighted by atomic mass is 10.1. The Kier molecular flexibility index (Phi) is 5.33. The van der Waals surface area contributed by atoms with Gasteiger partial charge in [-0.1, -0.05) is 25.5 Å². The second-order valence-corrected chi connectivity index (χ2v) is 9.03. The molecule has 0 unspecified atom stereocenters. The highest BCUT2D eigenvalue weighted by molar-refractivity contribution is 7.89. The summed E-state index contributed by atoms with van der Waals surface area (Å²) < 4.78 is 27.6. The van der Waals surface area contributed by atoms with Crippen LogP contribution in [0.1, 0.15) is 18.9 Å². The van der Waals surface area contributed by atoms with Gasteiger partial charge in [-0.15, -0.1) is 0 Å². The fourth-order valence-electron chi connectivity index (χ4n) is 3.60. The number of pyridine rings is 1. The smallest absolute Gasteiger partial charge is 0.243 e. The molecule has 0 spiro atoms. The predicted octanol–water partition coefficient (Wildman–Crippen LogP) is 2.07. The summed E-state index contributed by atoms with van der Waals surface area (Å²) in [5.74, 6) is 1.16. The Bertz CT molecular complexity index is 1110. The van der Waals surface area contributed by atoms with Gasteiger partial charge in [-0.25, -0.2) is 23.4 Å². The first-order valence-corrected chi connectivity index (χ1v) is 11.1. The van der Waals surface area contributed by atoms with Crippen molar-refractivity contribution in [1.29, 1.82) is 0 Å². The van der Waals surface area contributed by atoms with Crippen LogP contribution in [0.15, 0.2) is 47.6 Å². The van der Waals surface area contributed by atoms with Gasteiger partial charge in [0.15, 0.2) is 5.65 Å². The normalized spacial score (nSPS) is 15.7. The Morgan fingerprint density at radius 3 is 2.41 bits per heavy atom. The van der Waals surface area contributed by atoms with Crippen molar-refractivity contribution < 1.29 is 8.42 Å². The topological polar surface area (TPSA) is 105 Å². The van der Waals surface area contributed by atoms with E-state index in [0.29, 0.717) is 42.5 Å². The first-order chi connectivity index (χ1) is 14.0. The molecule has 0 radical (unpaired) electrons. The molecule has 2 N–H and O–H groups in total. The lowest BCUT2D eigenvalue weighted by molar-refractivity contribution is 0.384. The Balaban J connectivity index is 1.51. The molecule has 152 valence electrons. The fourth-order valence-corrected chi connectivity index (χ4v) is 5.02. The van der Waals surface area contributed by atoms with Gasteiger partial charge in [0.25, 0.3) is 0 Å². The van der Waals surface area contributed by atoms with Crippen LogP contribution < -0.4 is 10.6 Å². The summed E-state index contributed by atoms with van der Waals surface area (Å²) in [6.07, 6.45) is 3.45. The molecular formula is C20H24N6O2S. The van der Waals surface area contributed by atoms with E-state index in [1.54, 1.807) is 18.2 Å². The SMILES string of the molecule is CCCc1ccc(S(=O)(=O)N2CCN(c3ncnc4nc(N)ccc34)CC2)cc1. The first-order valence-electron chi connectivity index (χ1n) is 9.70. The molecule has 1 saturated heterocycles. The van der Waals surface area contributed by atoms with Gasteiger partial charge < -0.3 is 10.6 Å². The van der Waals surface area contributed by atoms with Crippen LogP contribution in [-0.4, -0.2) is 53.9 Å². The third-order valence-corrected chi connectivity index (χ3v) is 7.05. The number of fused-ring (bicyclic) bond motifs is 1. The largest absolute Gasteiger partial charge is 0.384 e. The second kappa shape index (κ2) is 7.92. The molecule has 1 fully saturated rings. The average Bonchev–Trinajstić information content (AvgIpc) is 2.74. The Morgan fingerprint density at radius 1 is 1.00 bits per heavy atom. The van der Waals surface area contributed by atoms with Gasteiger partial charge >= 0.3 is 0 Å². The second-order valence-electron chi connectivity index (χ2n) is 7.09. The fraction of sp³-hybridized carbons (Fsp3) is 0.350. The van der Waals surface area contributed by atoms with Crippen LogP contribution in [0.3, 0.4) is 0 Å². The maximum atomic E-state index is 13.0. The number of anilines is 2. The zero-order valence-electron chi connectivity index (χ0n) is 16.3. The van der Waals surface area contributed by atoms with E-state index in [0.717, 1.165) is 29.6 Å². The van der Waals surface area contributed by atoms with Crippen molar-refractivity contribution in [3.8, 4) is 0 Å². The summed E-state index contributed by atoms with van der Waals surface area (Å²) in [6.45, 7) is 3.99. The predicted molar refractivity (Wildman–Crippen MR) is 113 cm³/mol. The maximum Gasteiger partial charge on any atom is 0.243 e. The third kappa shape index (κ3) is 3.88. The molecule has 2 aromatic heterocycles. The number of hydrogen-bond donors (Lipinski definition) is 1. The number of nitrogens with zero attached hydrogens (tertiary/aromatic N) is 5. The number of aromatic nitrogens is 3. The summed E-state index contributed by atoms with van der Waals surface area (Å²) in [5, 5.41) is 0.810. The zero-order valence-corrected chi connectivity index (χ0v) is 17.1. The van der Waals surface area contributed by atoms with Gasteiger partial charge in [0.2, 0.25) is 10.0 Å². The number of nitrogens with two attached hydrogens (primary N) is 1. The van der Waals surface area contributed by atoms with Gasteiger partial charge in [0.05, 0.1) is 10.3 Å². The number of rotatable bonds is 5. The van der Waals surface area contributed by atoms with Crippen molar-refractivity contribution in [3.63, 3.8) is 0 Å². The summed E-state index contributed by atoms with van der Waals surface area (Å²) in [4.78, 5) is 15.2. The zero-order chi connectivity index (χ0) is 20.4. The molecule has 29 heavy (non-hydrogen) atoms. The molecule has 0 bridgehead atoms. The van der Waals surface area contributed by atoms with Crippen molar-refractivity contribution in [2.75, 3.05) is 36.8 Å². The maximum absolute atomic E-state index is 13.0. The number of hydrogen-bond acceptors (Lipinski definition) is 7. The van der Waals surface area contributed by atoms with Crippen LogP contribution in [0.2, 0.25) is 0 Å². The van der Waals surface area contributed by atoms with Crippen LogP contribution >= 0.6 is 0 Å². The van der Waals surface area contributed by atoms with Crippen molar-refractivity contribution in [2.45, 2.75) is 24.7 Å². The van der Waals surface area contributed by atoms with Crippen LogP contribution in [0.4, 0.5) is 11.6 Å². The van der Waals surface area contributed by atoms with Crippen molar-refractivity contribution in [1.82, 2.24) is 19.3 Å². The van der Waals surface area contributed by atoms with E-state index in [9.17, 15) is 8.42 Å². The molecule has 1 aromatic carbocycles. The highest BCUT2D eigenvalue weighted by atomic mass is 32.2. The minimum absolute atomic E-state index is 0.345. The highest BCUT2D eigenvalue weighted by Crippen LogP contribution is 2.25. The van der Waals surface area contributed by atoms with E-state index in [4.69, 9.17) is 5.73 Å². The summed E-state index contributed by atoms with van der Waals surface area (Å²) >= 11 is 0. The molecule has 0 saturated carbocycles. The van der Waals surface area contributed by atoms with E-state index in [1.807, 2.05) is 18.2 Å². The molecular weight excluding hydrogens is 388 g/mol. The van der Waals surface area contributed by atoms with E-state index in [2.05, 4.69) is 26.8 Å². The number of benzene rings is 1. The summed E-state index contributed by atoms with van der Waals surface area (Å²) in [6, 6.07) is 10.8. The minimum atomic E-state index is -3.50. The molecule has 1 aliphatic rings. The van der Waals surface area contributed by atoms with Gasteiger partial charge in [-0.05, 0) is 36.2 Å². The number of aryl methyl sites for hydroxylation is 1. The molecule has 9 heteroatoms. The Hall–Kier alpha value is -2.78. The summed E-state index contributed by atoms with van der Waals surface area (Å²) in [7, 11) is -3.50. The third-order valence-electron chi connectivity index (χ3n) is 5.14. The molecule has 0 aliphatic carbocycles. The minimum Gasteiger partial charge on any atom is -0.384 e. The first kappa shape index (κ1) is 19.5. The number of nitrogen functional groups attached to an aromatic ring is 1. The molecule has 8 nitrogen and oxygen atoms in total. The lowest BCUT2D eigenvalue weighted by Crippen LogP contribution is -2.49. The van der Waals surface area contributed by atoms with E-state index >= 15 is 0 Å². The summed E-state index contributed by atoms with van der Waals surface area (Å²) in [5.41, 5.74) is 7.43. The van der Waals surface area contributed by atoms with Crippen molar-refractivity contribution in [3.05, 3.63) is 48.3 Å². The van der Waals surface area contributed by atoms with Gasteiger partial charge in [0.1, 0.15) is 18.0 Å². The van der Waals surface area contributed by atoms with Crippen LogP contribution in [0, 0.1) is 0 Å². The molecule has 4 rings (SSSR count). The van der Waals surface area contributed by atoms with E-state index in [-0.39, 0.29) is 0 Å². The monoisotopic (exact) mass is 412 g/mol. The Morgan fingerprint density at radius 2 is 1.72 bits per heavy atom. The van der Waals surface area contributed by atoms with Crippen LogP contribution in [0.25, 0.3) is 11.0 Å². The number of sulfonamides is 1. The molecule has 3 aromatic rings. The molecule has 0 atom stereocenters. The van der Waals surface area contributed by atoms with Crippen LogP contribution in [0.5, 0.6) is 0 Å². The van der Waals surface area contributed by atoms with Gasteiger partial charge in [0, 0.05) is 26.2 Å². The van der Waals surface area contributed by atoms with E-state index < -0.39 is 10.0 Å².